The number of amides is 1. The van der Waals surface area contributed by atoms with Gasteiger partial charge in [-0.3, -0.25) is 0 Å². The summed E-state index contributed by atoms with van der Waals surface area (Å²) in [5.41, 5.74) is 1.77. The predicted molar refractivity (Wildman–Crippen MR) is 93.4 cm³/mol. The van der Waals surface area contributed by atoms with Gasteiger partial charge in [-0.1, -0.05) is 58.4 Å². The Hall–Kier alpha value is -2.34. The second kappa shape index (κ2) is 9.08. The first-order chi connectivity index (χ1) is 11.6. The molecule has 0 saturated carbocycles. The standard InChI is InChI=1S/C18H18BrNO4/c1-23-17(21)16(11-13-7-9-15(19)10-8-13)20-18(22)24-12-14-5-3-2-4-6-14/h2-10,16H,11-12H2,1H3,(H,20,22)/t16-/m0/s1. The maximum absolute atomic E-state index is 11.9. The summed E-state index contributed by atoms with van der Waals surface area (Å²) in [6.07, 6.45) is -0.341. The molecule has 0 radical (unpaired) electrons. The van der Waals surface area contributed by atoms with E-state index in [2.05, 4.69) is 21.2 Å². The van der Waals surface area contributed by atoms with E-state index in [9.17, 15) is 9.59 Å². The molecule has 2 aromatic rings. The Morgan fingerprint density at radius 3 is 2.33 bits per heavy atom. The predicted octanol–water partition coefficient (Wildman–Crippen LogP) is 3.46. The zero-order chi connectivity index (χ0) is 17.4. The van der Waals surface area contributed by atoms with Crippen LogP contribution in [-0.4, -0.2) is 25.2 Å². The van der Waals surface area contributed by atoms with Gasteiger partial charge in [0.05, 0.1) is 7.11 Å². The van der Waals surface area contributed by atoms with Gasteiger partial charge in [-0.05, 0) is 23.3 Å². The molecule has 5 nitrogen and oxygen atoms in total. The molecular formula is C18H18BrNO4. The summed E-state index contributed by atoms with van der Waals surface area (Å²) in [7, 11) is 1.29. The van der Waals surface area contributed by atoms with Gasteiger partial charge in [0, 0.05) is 10.9 Å². The van der Waals surface area contributed by atoms with Crippen molar-refractivity contribution in [1.29, 1.82) is 0 Å². The van der Waals surface area contributed by atoms with Crippen molar-refractivity contribution >= 4 is 28.0 Å². The van der Waals surface area contributed by atoms with Crippen LogP contribution in [0.15, 0.2) is 59.1 Å². The molecule has 1 N–H and O–H groups in total. The smallest absolute Gasteiger partial charge is 0.408 e. The number of methoxy groups -OCH3 is 1. The largest absolute Gasteiger partial charge is 0.467 e. The van der Waals surface area contributed by atoms with Gasteiger partial charge in [-0.2, -0.15) is 0 Å². The third-order valence-electron chi connectivity index (χ3n) is 3.34. The van der Waals surface area contributed by atoms with Crippen LogP contribution in [-0.2, 0) is 27.3 Å². The first kappa shape index (κ1) is 18.0. The van der Waals surface area contributed by atoms with Gasteiger partial charge < -0.3 is 14.8 Å². The van der Waals surface area contributed by atoms with Crippen LogP contribution in [0.3, 0.4) is 0 Å². The lowest BCUT2D eigenvalue weighted by Crippen LogP contribution is -2.43. The Bertz CT molecular complexity index is 673. The monoisotopic (exact) mass is 391 g/mol. The fraction of sp³-hybridized carbons (Fsp3) is 0.222. The van der Waals surface area contributed by atoms with Crippen LogP contribution in [0, 0.1) is 0 Å². The van der Waals surface area contributed by atoms with Crippen molar-refractivity contribution in [2.75, 3.05) is 7.11 Å². The normalized spacial score (nSPS) is 11.4. The number of ether oxygens (including phenoxy) is 2. The Morgan fingerprint density at radius 2 is 1.71 bits per heavy atom. The van der Waals surface area contributed by atoms with Crippen molar-refractivity contribution in [2.24, 2.45) is 0 Å². The fourth-order valence-corrected chi connectivity index (χ4v) is 2.36. The molecule has 24 heavy (non-hydrogen) atoms. The summed E-state index contributed by atoms with van der Waals surface area (Å²) in [5, 5.41) is 2.55. The number of esters is 1. The zero-order valence-electron chi connectivity index (χ0n) is 13.2. The van der Waals surface area contributed by atoms with Crippen LogP contribution in [0.25, 0.3) is 0 Å². The van der Waals surface area contributed by atoms with Gasteiger partial charge in [0.2, 0.25) is 0 Å². The lowest BCUT2D eigenvalue weighted by molar-refractivity contribution is -0.143. The van der Waals surface area contributed by atoms with E-state index in [0.717, 1.165) is 15.6 Å². The molecule has 2 aromatic carbocycles. The van der Waals surface area contributed by atoms with Crippen LogP contribution in [0.2, 0.25) is 0 Å². The average molecular weight is 392 g/mol. The molecule has 0 saturated heterocycles. The SMILES string of the molecule is COC(=O)[C@H](Cc1ccc(Br)cc1)NC(=O)OCc1ccccc1. The molecule has 0 unspecified atom stereocenters. The van der Waals surface area contributed by atoms with E-state index in [0.29, 0.717) is 6.42 Å². The van der Waals surface area contributed by atoms with Gasteiger partial charge in [0.15, 0.2) is 0 Å². The molecular weight excluding hydrogens is 374 g/mol. The van der Waals surface area contributed by atoms with Gasteiger partial charge in [0.25, 0.3) is 0 Å². The Balaban J connectivity index is 1.93. The lowest BCUT2D eigenvalue weighted by atomic mass is 10.1. The molecule has 0 heterocycles. The van der Waals surface area contributed by atoms with E-state index < -0.39 is 18.1 Å². The minimum Gasteiger partial charge on any atom is -0.467 e. The van der Waals surface area contributed by atoms with Crippen LogP contribution < -0.4 is 5.32 Å². The van der Waals surface area contributed by atoms with Crippen LogP contribution >= 0.6 is 15.9 Å². The summed E-state index contributed by atoms with van der Waals surface area (Å²) in [6.45, 7) is 0.138. The number of benzene rings is 2. The van der Waals surface area contributed by atoms with Gasteiger partial charge in [0.1, 0.15) is 12.6 Å². The van der Waals surface area contributed by atoms with Crippen molar-refractivity contribution in [1.82, 2.24) is 5.32 Å². The van der Waals surface area contributed by atoms with E-state index in [-0.39, 0.29) is 6.61 Å². The second-order valence-corrected chi connectivity index (χ2v) is 6.03. The maximum Gasteiger partial charge on any atom is 0.408 e. The van der Waals surface area contributed by atoms with Crippen molar-refractivity contribution in [2.45, 2.75) is 19.1 Å². The van der Waals surface area contributed by atoms with Crippen LogP contribution in [0.1, 0.15) is 11.1 Å². The molecule has 0 aliphatic heterocycles. The highest BCUT2D eigenvalue weighted by atomic mass is 79.9. The van der Waals surface area contributed by atoms with Crippen molar-refractivity contribution in [3.8, 4) is 0 Å². The number of alkyl carbamates (subject to hydrolysis) is 1. The number of carbonyl (C=O) groups excluding carboxylic acids is 2. The molecule has 1 atom stereocenters. The zero-order valence-corrected chi connectivity index (χ0v) is 14.8. The first-order valence-corrected chi connectivity index (χ1v) is 8.17. The van der Waals surface area contributed by atoms with E-state index in [1.54, 1.807) is 0 Å². The highest BCUT2D eigenvalue weighted by molar-refractivity contribution is 9.10. The number of hydrogen-bond donors (Lipinski definition) is 1. The lowest BCUT2D eigenvalue weighted by Gasteiger charge is -2.16. The average Bonchev–Trinajstić information content (AvgIpc) is 2.61. The summed E-state index contributed by atoms with van der Waals surface area (Å²) in [5.74, 6) is -0.519. The molecule has 126 valence electrons. The molecule has 0 spiro atoms. The highest BCUT2D eigenvalue weighted by Crippen LogP contribution is 2.12. The third kappa shape index (κ3) is 5.70. The van der Waals surface area contributed by atoms with E-state index in [4.69, 9.17) is 9.47 Å². The number of rotatable bonds is 6. The quantitative estimate of drug-likeness (QED) is 0.765. The Kier molecular flexibility index (Phi) is 6.81. The number of hydrogen-bond acceptors (Lipinski definition) is 4. The topological polar surface area (TPSA) is 64.6 Å². The maximum atomic E-state index is 11.9. The van der Waals surface area contributed by atoms with Crippen molar-refractivity contribution in [3.05, 3.63) is 70.2 Å². The van der Waals surface area contributed by atoms with Gasteiger partial charge in [-0.25, -0.2) is 9.59 Å². The molecule has 0 aliphatic carbocycles. The Morgan fingerprint density at radius 1 is 1.04 bits per heavy atom. The van der Waals surface area contributed by atoms with E-state index in [1.165, 1.54) is 7.11 Å². The van der Waals surface area contributed by atoms with E-state index in [1.807, 2.05) is 54.6 Å². The summed E-state index contributed by atoms with van der Waals surface area (Å²) < 4.78 is 10.8. The van der Waals surface area contributed by atoms with Crippen molar-refractivity contribution in [3.63, 3.8) is 0 Å². The summed E-state index contributed by atoms with van der Waals surface area (Å²) in [6, 6.07) is 16.0. The minimum absolute atomic E-state index is 0.138. The highest BCUT2D eigenvalue weighted by Gasteiger charge is 2.22. The number of carbonyl (C=O) groups is 2. The number of halogens is 1. The Labute approximate surface area is 149 Å². The van der Waals surface area contributed by atoms with E-state index >= 15 is 0 Å². The molecule has 1 amide bonds. The minimum atomic E-state index is -0.806. The molecule has 6 heteroatoms. The fourth-order valence-electron chi connectivity index (χ4n) is 2.10. The summed E-state index contributed by atoms with van der Waals surface area (Å²) in [4.78, 5) is 23.8. The first-order valence-electron chi connectivity index (χ1n) is 7.38. The van der Waals surface area contributed by atoms with Crippen LogP contribution in [0.5, 0.6) is 0 Å². The second-order valence-electron chi connectivity index (χ2n) is 5.11. The third-order valence-corrected chi connectivity index (χ3v) is 3.87. The molecule has 0 bridgehead atoms. The molecule has 2 rings (SSSR count). The molecule has 0 aliphatic rings. The van der Waals surface area contributed by atoms with Gasteiger partial charge in [-0.15, -0.1) is 0 Å². The number of nitrogens with one attached hydrogen (secondary N) is 1. The van der Waals surface area contributed by atoms with Crippen LogP contribution in [0.4, 0.5) is 4.79 Å². The molecule has 0 aromatic heterocycles. The summed E-state index contributed by atoms with van der Waals surface area (Å²) >= 11 is 3.36. The van der Waals surface area contributed by atoms with Crippen molar-refractivity contribution < 1.29 is 19.1 Å². The molecule has 0 fully saturated rings. The van der Waals surface area contributed by atoms with Gasteiger partial charge >= 0.3 is 12.1 Å².